The minimum absolute atomic E-state index is 0. The average Bonchev–Trinajstić information content (AvgIpc) is 3.64. The molecule has 5 rings (SSSR count). The van der Waals surface area contributed by atoms with Crippen molar-refractivity contribution in [3.05, 3.63) is 81.8 Å². The van der Waals surface area contributed by atoms with Gasteiger partial charge in [0, 0.05) is 19.2 Å². The van der Waals surface area contributed by atoms with Crippen LogP contribution in [0.5, 0.6) is 0 Å². The maximum atomic E-state index is 14.4. The molecular weight excluding hydrogens is 580 g/mol. The molecule has 0 bridgehead atoms. The Bertz CT molecular complexity index is 1670. The number of hydrogen-bond acceptors (Lipinski definition) is 8. The molecule has 3 aromatic heterocycles. The van der Waals surface area contributed by atoms with Gasteiger partial charge in [-0.15, -0.1) is 22.7 Å². The molecule has 0 N–H and O–H groups in total. The summed E-state index contributed by atoms with van der Waals surface area (Å²) in [4.78, 5) is 27.9. The molecule has 0 saturated heterocycles. The topological polar surface area (TPSA) is 55.4 Å². The third kappa shape index (κ3) is 4.88. The van der Waals surface area contributed by atoms with Crippen molar-refractivity contribution in [1.29, 1.82) is 0 Å². The van der Waals surface area contributed by atoms with Crippen LogP contribution in [0, 0.1) is 11.6 Å². The predicted octanol–water partition coefficient (Wildman–Crippen LogP) is 0.594. The normalized spacial score (nSPS) is 14.6. The van der Waals surface area contributed by atoms with E-state index >= 15 is 0 Å². The molecule has 0 unspecified atom stereocenters. The number of methoxy groups -OCH3 is 1. The second-order valence-corrected chi connectivity index (χ2v) is 11.6. The van der Waals surface area contributed by atoms with Crippen LogP contribution < -0.4 is 36.6 Å². The van der Waals surface area contributed by atoms with Crippen molar-refractivity contribution in [3.63, 3.8) is 0 Å². The smallest absolute Gasteiger partial charge is 0.348 e. The Hall–Kier alpha value is -2.51. The lowest BCUT2D eigenvalue weighted by molar-refractivity contribution is -0.685. The molecule has 4 heterocycles. The third-order valence-corrected chi connectivity index (χ3v) is 10.0. The van der Waals surface area contributed by atoms with Crippen LogP contribution in [-0.2, 0) is 17.8 Å². The quantitative estimate of drug-likeness (QED) is 0.248. The second kappa shape index (κ2) is 11.1. The SMILES string of the molecule is CCn1c(=O)/c(=C2\Sc3c(ccc(F)c3F)N2C)s/c1=C\c1scc[n+]1Cc1ccsc1C(=O)OC.[Cl-]. The lowest BCUT2D eigenvalue weighted by Crippen LogP contribution is -3.00. The number of nitrogens with zero attached hydrogens (tertiary/aromatic N) is 3. The minimum Gasteiger partial charge on any atom is -1.00 e. The van der Waals surface area contributed by atoms with E-state index in [1.165, 1.54) is 47.2 Å². The van der Waals surface area contributed by atoms with Crippen LogP contribution in [0.15, 0.2) is 44.8 Å². The molecule has 0 spiro atoms. The highest BCUT2D eigenvalue weighted by molar-refractivity contribution is 8.08. The third-order valence-electron chi connectivity index (χ3n) is 5.73. The minimum atomic E-state index is -0.912. The summed E-state index contributed by atoms with van der Waals surface area (Å²) in [6.45, 7) is 2.83. The first-order chi connectivity index (χ1) is 17.3. The van der Waals surface area contributed by atoms with Gasteiger partial charge in [0.05, 0.1) is 29.1 Å². The first-order valence-electron chi connectivity index (χ1n) is 10.8. The number of esters is 1. The largest absolute Gasteiger partial charge is 1.00 e. The molecule has 1 aliphatic rings. The number of halogens is 3. The van der Waals surface area contributed by atoms with E-state index < -0.39 is 11.6 Å². The molecule has 0 aliphatic carbocycles. The van der Waals surface area contributed by atoms with Crippen LogP contribution in [0.4, 0.5) is 14.5 Å². The van der Waals surface area contributed by atoms with Crippen LogP contribution in [-0.4, -0.2) is 24.7 Å². The van der Waals surface area contributed by atoms with E-state index in [0.717, 1.165) is 33.1 Å². The summed E-state index contributed by atoms with van der Waals surface area (Å²) >= 11 is 5.25. The van der Waals surface area contributed by atoms with Crippen molar-refractivity contribution >= 4 is 68.5 Å². The molecule has 6 nitrogen and oxygen atoms in total. The highest BCUT2D eigenvalue weighted by Gasteiger charge is 2.29. The van der Waals surface area contributed by atoms with Crippen molar-refractivity contribution in [2.45, 2.75) is 24.9 Å². The number of thiazole rings is 2. The average molecular weight is 600 g/mol. The number of aromatic nitrogens is 2. The number of thiophene rings is 1. The fourth-order valence-electron chi connectivity index (χ4n) is 3.91. The van der Waals surface area contributed by atoms with Gasteiger partial charge in [0.15, 0.2) is 24.4 Å². The molecular formula is C24H20ClF2N3O3S4. The summed E-state index contributed by atoms with van der Waals surface area (Å²) in [6, 6.07) is 4.52. The molecule has 13 heteroatoms. The zero-order valence-corrected chi connectivity index (χ0v) is 23.8. The van der Waals surface area contributed by atoms with E-state index in [2.05, 4.69) is 0 Å². The predicted molar refractivity (Wildman–Crippen MR) is 140 cm³/mol. The van der Waals surface area contributed by atoms with E-state index in [1.807, 2.05) is 40.6 Å². The number of carbonyl (C=O) groups excluding carboxylic acids is 1. The number of carbonyl (C=O) groups is 1. The van der Waals surface area contributed by atoms with Crippen molar-refractivity contribution < 1.29 is 35.3 Å². The van der Waals surface area contributed by atoms with Crippen LogP contribution in [0.3, 0.4) is 0 Å². The van der Waals surface area contributed by atoms with E-state index in [0.29, 0.717) is 33.2 Å². The monoisotopic (exact) mass is 599 g/mol. The first kappa shape index (κ1) is 27.5. The van der Waals surface area contributed by atoms with Gasteiger partial charge in [-0.3, -0.25) is 9.36 Å². The number of hydrogen-bond donors (Lipinski definition) is 0. The zero-order valence-electron chi connectivity index (χ0n) is 19.8. The molecule has 0 amide bonds. The zero-order chi connectivity index (χ0) is 25.6. The molecule has 0 fully saturated rings. The van der Waals surface area contributed by atoms with Crippen molar-refractivity contribution in [2.75, 3.05) is 19.1 Å². The van der Waals surface area contributed by atoms with E-state index in [1.54, 1.807) is 16.5 Å². The Morgan fingerprint density at radius 3 is 2.70 bits per heavy atom. The number of ether oxygens (including phenoxy) is 1. The lowest BCUT2D eigenvalue weighted by atomic mass is 10.2. The number of benzene rings is 1. The van der Waals surface area contributed by atoms with Gasteiger partial charge in [-0.05, 0) is 30.5 Å². The van der Waals surface area contributed by atoms with Crippen molar-refractivity contribution in [3.8, 4) is 0 Å². The summed E-state index contributed by atoms with van der Waals surface area (Å²) in [5.41, 5.74) is 1.21. The molecule has 0 atom stereocenters. The van der Waals surface area contributed by atoms with Crippen molar-refractivity contribution in [1.82, 2.24) is 4.57 Å². The second-order valence-electron chi connectivity index (χ2n) is 7.77. The van der Waals surface area contributed by atoms with E-state index in [9.17, 15) is 18.4 Å². The summed E-state index contributed by atoms with van der Waals surface area (Å²) in [5.74, 6) is -2.18. The summed E-state index contributed by atoms with van der Waals surface area (Å²) in [6.07, 6.45) is 3.88. The Labute approximate surface area is 233 Å². The fourth-order valence-corrected chi connectivity index (χ4v) is 8.08. The number of anilines is 1. The molecule has 194 valence electrons. The van der Waals surface area contributed by atoms with Crippen molar-refractivity contribution in [2.24, 2.45) is 0 Å². The van der Waals surface area contributed by atoms with Crippen LogP contribution >= 0.6 is 45.8 Å². The molecule has 1 aliphatic heterocycles. The molecule has 0 saturated carbocycles. The van der Waals surface area contributed by atoms with Gasteiger partial charge < -0.3 is 22.0 Å². The molecule has 1 aromatic carbocycles. The number of thioether (sulfide) groups is 1. The maximum absolute atomic E-state index is 14.4. The number of rotatable bonds is 5. The molecule has 4 aromatic rings. The first-order valence-corrected chi connectivity index (χ1v) is 14.2. The van der Waals surface area contributed by atoms with E-state index in [-0.39, 0.29) is 28.8 Å². The van der Waals surface area contributed by atoms with Gasteiger partial charge in [-0.25, -0.2) is 13.6 Å². The van der Waals surface area contributed by atoms with Gasteiger partial charge in [0.1, 0.15) is 19.1 Å². The highest BCUT2D eigenvalue weighted by atomic mass is 35.5. The van der Waals surface area contributed by atoms with Gasteiger partial charge in [0.25, 0.3) is 10.6 Å². The van der Waals surface area contributed by atoms with Crippen LogP contribution in [0.1, 0.15) is 27.2 Å². The van der Waals surface area contributed by atoms with Gasteiger partial charge in [-0.1, -0.05) is 23.1 Å². The summed E-state index contributed by atoms with van der Waals surface area (Å²) in [5, 5.41) is 5.28. The lowest BCUT2D eigenvalue weighted by Gasteiger charge is -2.12. The van der Waals surface area contributed by atoms with Gasteiger partial charge in [0.2, 0.25) is 0 Å². The molecule has 37 heavy (non-hydrogen) atoms. The van der Waals surface area contributed by atoms with Gasteiger partial charge in [-0.2, -0.15) is 4.57 Å². The highest BCUT2D eigenvalue weighted by Crippen LogP contribution is 2.47. The Morgan fingerprint density at radius 2 is 1.97 bits per heavy atom. The number of fused-ring (bicyclic) bond motifs is 1. The Balaban J connectivity index is 0.00000320. The van der Waals surface area contributed by atoms with Crippen LogP contribution in [0.2, 0.25) is 0 Å². The summed E-state index contributed by atoms with van der Waals surface area (Å²) in [7, 11) is 3.11. The maximum Gasteiger partial charge on any atom is 0.348 e. The summed E-state index contributed by atoms with van der Waals surface area (Å²) < 4.78 is 38.0. The standard InChI is InChI=1S/C24H20F2N3O3S4.ClH/c1-4-29-17(11-16-28(8-10-33-16)12-13-7-9-34-19(13)24(31)32-3)35-21(22(29)30)23-27(2)15-6-5-14(25)18(26)20(15)36-23;/h5-11H,4,12H2,1-3H3;1H/q+1;/p-1/b23-21+;. The fraction of sp³-hybridized carbons (Fsp3) is 0.208. The molecule has 0 radical (unpaired) electrons. The van der Waals surface area contributed by atoms with E-state index in [4.69, 9.17) is 4.74 Å². The van der Waals surface area contributed by atoms with Crippen LogP contribution in [0.25, 0.3) is 11.1 Å². The Kier molecular flexibility index (Phi) is 8.24. The van der Waals surface area contributed by atoms with Gasteiger partial charge >= 0.3 is 5.97 Å². The Morgan fingerprint density at radius 1 is 1.19 bits per heavy atom.